The van der Waals surface area contributed by atoms with Gasteiger partial charge in [0.2, 0.25) is 0 Å². The number of hydrogen-bond donors (Lipinski definition) is 0. The van der Waals surface area contributed by atoms with Gasteiger partial charge in [0.05, 0.1) is 12.7 Å². The zero-order valence-corrected chi connectivity index (χ0v) is 15.8. The Morgan fingerprint density at radius 1 is 1.04 bits per heavy atom. The monoisotopic (exact) mass is 349 g/mol. The highest BCUT2D eigenvalue weighted by atomic mass is 16.5. The number of ketones is 1. The minimum atomic E-state index is -0.394. The quantitative estimate of drug-likeness (QED) is 0.471. The molecule has 0 unspecified atom stereocenters. The minimum absolute atomic E-state index is 0.0269. The first kappa shape index (κ1) is 17.9. The summed E-state index contributed by atoms with van der Waals surface area (Å²) >= 11 is 0. The van der Waals surface area contributed by atoms with Crippen molar-refractivity contribution < 1.29 is 14.3 Å². The molecular formula is C22H23NO3. The molecule has 0 bridgehead atoms. The number of fused-ring (bicyclic) bond motifs is 1. The predicted molar refractivity (Wildman–Crippen MR) is 103 cm³/mol. The van der Waals surface area contributed by atoms with Crippen molar-refractivity contribution in [2.75, 3.05) is 19.1 Å². The van der Waals surface area contributed by atoms with Crippen molar-refractivity contribution in [3.8, 4) is 0 Å². The van der Waals surface area contributed by atoms with Gasteiger partial charge in [-0.05, 0) is 30.7 Å². The first-order valence-electron chi connectivity index (χ1n) is 8.55. The Labute approximate surface area is 154 Å². The van der Waals surface area contributed by atoms with E-state index < -0.39 is 5.41 Å². The highest BCUT2D eigenvalue weighted by Gasteiger charge is 2.39. The highest BCUT2D eigenvalue weighted by molar-refractivity contribution is 6.06. The fourth-order valence-corrected chi connectivity index (χ4v) is 3.46. The van der Waals surface area contributed by atoms with E-state index in [1.165, 1.54) is 7.11 Å². The second-order valence-electron chi connectivity index (χ2n) is 7.17. The van der Waals surface area contributed by atoms with Crippen LogP contribution in [0, 0.1) is 6.92 Å². The molecule has 0 saturated carbocycles. The van der Waals surface area contributed by atoms with Gasteiger partial charge in [-0.1, -0.05) is 43.7 Å². The zero-order chi connectivity index (χ0) is 19.1. The molecule has 4 nitrogen and oxygen atoms in total. The number of nitrogens with zero attached hydrogens (tertiary/aromatic N) is 1. The molecule has 0 spiro atoms. The Kier molecular flexibility index (Phi) is 4.45. The first-order chi connectivity index (χ1) is 12.3. The Morgan fingerprint density at radius 3 is 2.27 bits per heavy atom. The summed E-state index contributed by atoms with van der Waals surface area (Å²) in [5.74, 6) is -0.389. The van der Waals surface area contributed by atoms with Gasteiger partial charge in [-0.25, -0.2) is 4.79 Å². The third-order valence-corrected chi connectivity index (χ3v) is 5.06. The standard InChI is InChI=1S/C22H23NO3/c1-14-6-8-15(9-7-14)19(24)13-20-22(2,3)17-12-16(21(25)26-5)10-11-18(17)23(20)4/h6-13H,1-5H3. The van der Waals surface area contributed by atoms with Crippen LogP contribution in [0.5, 0.6) is 0 Å². The van der Waals surface area contributed by atoms with Crippen molar-refractivity contribution in [2.45, 2.75) is 26.2 Å². The minimum Gasteiger partial charge on any atom is -0.465 e. The molecule has 2 aromatic carbocycles. The van der Waals surface area contributed by atoms with Gasteiger partial charge in [-0.15, -0.1) is 0 Å². The van der Waals surface area contributed by atoms with Crippen LogP contribution in [0.2, 0.25) is 0 Å². The second kappa shape index (κ2) is 6.45. The van der Waals surface area contributed by atoms with Crippen molar-refractivity contribution >= 4 is 17.4 Å². The van der Waals surface area contributed by atoms with Gasteiger partial charge in [-0.3, -0.25) is 4.79 Å². The smallest absolute Gasteiger partial charge is 0.337 e. The van der Waals surface area contributed by atoms with Crippen LogP contribution in [0.15, 0.2) is 54.2 Å². The Morgan fingerprint density at radius 2 is 1.65 bits per heavy atom. The maximum atomic E-state index is 12.7. The molecule has 0 atom stereocenters. The summed E-state index contributed by atoms with van der Waals surface area (Å²) in [5.41, 5.74) is 4.80. The largest absolute Gasteiger partial charge is 0.465 e. The lowest BCUT2D eigenvalue weighted by molar-refractivity contribution is 0.0600. The number of benzene rings is 2. The van der Waals surface area contributed by atoms with Gasteiger partial charge < -0.3 is 9.64 Å². The number of likely N-dealkylation sites (N-methyl/N-ethyl adjacent to an activating group) is 1. The van der Waals surface area contributed by atoms with E-state index >= 15 is 0 Å². The van der Waals surface area contributed by atoms with E-state index in [1.807, 2.05) is 55.3 Å². The SMILES string of the molecule is COC(=O)c1ccc2c(c1)C(C)(C)C(=CC(=O)c1ccc(C)cc1)N2C. The molecule has 0 aliphatic carbocycles. The van der Waals surface area contributed by atoms with Gasteiger partial charge >= 0.3 is 5.97 Å². The predicted octanol–water partition coefficient (Wildman–Crippen LogP) is 4.28. The summed E-state index contributed by atoms with van der Waals surface area (Å²) in [4.78, 5) is 26.6. The molecule has 0 aromatic heterocycles. The van der Waals surface area contributed by atoms with E-state index in [1.54, 1.807) is 12.1 Å². The molecule has 0 saturated heterocycles. The van der Waals surface area contributed by atoms with Crippen LogP contribution in [-0.2, 0) is 10.2 Å². The summed E-state index contributed by atoms with van der Waals surface area (Å²) in [6, 6.07) is 13.1. The number of aryl methyl sites for hydroxylation is 1. The van der Waals surface area contributed by atoms with E-state index in [0.29, 0.717) is 11.1 Å². The summed E-state index contributed by atoms with van der Waals surface area (Å²) in [6.45, 7) is 6.12. The van der Waals surface area contributed by atoms with Crippen LogP contribution in [0.4, 0.5) is 5.69 Å². The number of allylic oxidation sites excluding steroid dienone is 2. The molecule has 0 amide bonds. The van der Waals surface area contributed by atoms with Gasteiger partial charge in [0.25, 0.3) is 0 Å². The average Bonchev–Trinajstić information content (AvgIpc) is 2.82. The Hall–Kier alpha value is -2.88. The number of hydrogen-bond acceptors (Lipinski definition) is 4. The molecular weight excluding hydrogens is 326 g/mol. The lowest BCUT2D eigenvalue weighted by atomic mass is 9.82. The van der Waals surface area contributed by atoms with Crippen molar-refractivity contribution in [2.24, 2.45) is 0 Å². The number of carbonyl (C=O) groups is 2. The van der Waals surface area contributed by atoms with Gasteiger partial charge in [0.15, 0.2) is 5.78 Å². The van der Waals surface area contributed by atoms with Gasteiger partial charge in [0.1, 0.15) is 0 Å². The number of carbonyl (C=O) groups excluding carboxylic acids is 2. The van der Waals surface area contributed by atoms with Crippen LogP contribution in [0.25, 0.3) is 0 Å². The van der Waals surface area contributed by atoms with Crippen molar-refractivity contribution in [3.05, 3.63) is 76.5 Å². The van der Waals surface area contributed by atoms with Crippen LogP contribution in [0.1, 0.15) is 45.7 Å². The van der Waals surface area contributed by atoms with Gasteiger partial charge in [-0.2, -0.15) is 0 Å². The number of methoxy groups -OCH3 is 1. The van der Waals surface area contributed by atoms with E-state index in [4.69, 9.17) is 4.74 Å². The van der Waals surface area contributed by atoms with E-state index in [2.05, 4.69) is 13.8 Å². The lowest BCUT2D eigenvalue weighted by Crippen LogP contribution is -2.24. The summed E-state index contributed by atoms with van der Waals surface area (Å²) < 4.78 is 4.83. The molecule has 1 heterocycles. The molecule has 26 heavy (non-hydrogen) atoms. The normalized spacial score (nSPS) is 16.5. The first-order valence-corrected chi connectivity index (χ1v) is 8.55. The maximum absolute atomic E-state index is 12.7. The number of ether oxygens (including phenoxy) is 1. The molecule has 4 heteroatoms. The molecule has 2 aromatic rings. The second-order valence-corrected chi connectivity index (χ2v) is 7.17. The van der Waals surface area contributed by atoms with E-state index in [9.17, 15) is 9.59 Å². The number of anilines is 1. The van der Waals surface area contributed by atoms with Crippen molar-refractivity contribution in [3.63, 3.8) is 0 Å². The number of esters is 1. The van der Waals surface area contributed by atoms with Crippen molar-refractivity contribution in [1.82, 2.24) is 0 Å². The molecule has 1 aliphatic heterocycles. The highest BCUT2D eigenvalue weighted by Crippen LogP contribution is 2.47. The molecule has 134 valence electrons. The van der Waals surface area contributed by atoms with Crippen LogP contribution < -0.4 is 4.90 Å². The third-order valence-electron chi connectivity index (χ3n) is 5.06. The molecule has 0 N–H and O–H groups in total. The summed E-state index contributed by atoms with van der Waals surface area (Å²) in [6.07, 6.45) is 1.70. The van der Waals surface area contributed by atoms with Gasteiger partial charge in [0, 0.05) is 35.5 Å². The Balaban J connectivity index is 2.02. The van der Waals surface area contributed by atoms with Crippen LogP contribution >= 0.6 is 0 Å². The molecule has 3 rings (SSSR count). The summed E-state index contributed by atoms with van der Waals surface area (Å²) in [5, 5.41) is 0. The fraction of sp³-hybridized carbons (Fsp3) is 0.273. The molecule has 0 radical (unpaired) electrons. The maximum Gasteiger partial charge on any atom is 0.337 e. The van der Waals surface area contributed by atoms with Crippen LogP contribution in [-0.4, -0.2) is 25.9 Å². The summed E-state index contributed by atoms with van der Waals surface area (Å²) in [7, 11) is 3.32. The fourth-order valence-electron chi connectivity index (χ4n) is 3.46. The number of rotatable bonds is 3. The topological polar surface area (TPSA) is 46.6 Å². The zero-order valence-electron chi connectivity index (χ0n) is 15.8. The third kappa shape index (κ3) is 2.92. The average molecular weight is 349 g/mol. The van der Waals surface area contributed by atoms with Crippen molar-refractivity contribution in [1.29, 1.82) is 0 Å². The Bertz CT molecular complexity index is 907. The molecule has 1 aliphatic rings. The molecule has 0 fully saturated rings. The van der Waals surface area contributed by atoms with Crippen LogP contribution in [0.3, 0.4) is 0 Å². The lowest BCUT2D eigenvalue weighted by Gasteiger charge is -2.24. The van der Waals surface area contributed by atoms with E-state index in [-0.39, 0.29) is 11.8 Å². The van der Waals surface area contributed by atoms with E-state index in [0.717, 1.165) is 22.5 Å².